The van der Waals surface area contributed by atoms with Crippen molar-refractivity contribution in [3.05, 3.63) is 60.1 Å². The van der Waals surface area contributed by atoms with E-state index < -0.39 is 0 Å². The van der Waals surface area contributed by atoms with Gasteiger partial charge in [-0.15, -0.1) is 0 Å². The van der Waals surface area contributed by atoms with Gasteiger partial charge in [0.05, 0.1) is 23.5 Å². The van der Waals surface area contributed by atoms with Crippen LogP contribution in [0.2, 0.25) is 0 Å². The van der Waals surface area contributed by atoms with Crippen LogP contribution in [-0.4, -0.2) is 30.8 Å². The van der Waals surface area contributed by atoms with Crippen molar-refractivity contribution >= 4 is 28.4 Å². The fraction of sp³-hybridized carbons (Fsp3) is 0.292. The van der Waals surface area contributed by atoms with Gasteiger partial charge in [0, 0.05) is 22.7 Å². The Hall–Kier alpha value is -3.61. The van der Waals surface area contributed by atoms with Crippen molar-refractivity contribution in [2.24, 2.45) is 0 Å². The zero-order valence-corrected chi connectivity index (χ0v) is 18.0. The second-order valence-electron chi connectivity index (χ2n) is 8.51. The van der Waals surface area contributed by atoms with Gasteiger partial charge in [-0.05, 0) is 29.5 Å². The Kier molecular flexibility index (Phi) is 4.54. The van der Waals surface area contributed by atoms with Crippen LogP contribution >= 0.6 is 0 Å². The second kappa shape index (κ2) is 7.27. The Balaban J connectivity index is 1.55. The van der Waals surface area contributed by atoms with E-state index in [0.717, 1.165) is 44.8 Å². The van der Waals surface area contributed by atoms with Gasteiger partial charge in [0.15, 0.2) is 0 Å². The van der Waals surface area contributed by atoms with Gasteiger partial charge in [-0.1, -0.05) is 39.8 Å². The van der Waals surface area contributed by atoms with Gasteiger partial charge in [-0.25, -0.2) is 19.9 Å². The minimum Gasteiger partial charge on any atom is -0.345 e. The first-order chi connectivity index (χ1) is 15.0. The van der Waals surface area contributed by atoms with Crippen LogP contribution in [-0.2, 0) is 11.2 Å². The molecule has 1 aliphatic rings. The number of carbonyl (C=O) groups is 1. The van der Waals surface area contributed by atoms with E-state index in [-0.39, 0.29) is 17.7 Å². The average Bonchev–Trinajstić information content (AvgIpc) is 3.33. The number of nitrogens with zero attached hydrogens (tertiary/aromatic N) is 5. The van der Waals surface area contributed by atoms with Crippen molar-refractivity contribution in [3.8, 4) is 11.1 Å². The summed E-state index contributed by atoms with van der Waals surface area (Å²) in [5.41, 5.74) is 6.64. The molecule has 0 atom stereocenters. The predicted molar refractivity (Wildman–Crippen MR) is 120 cm³/mol. The van der Waals surface area contributed by atoms with E-state index in [0.29, 0.717) is 12.2 Å². The molecule has 0 fully saturated rings. The molecule has 1 amide bonds. The summed E-state index contributed by atoms with van der Waals surface area (Å²) in [6.45, 7) is 8.43. The van der Waals surface area contributed by atoms with Crippen LogP contribution < -0.4 is 4.90 Å². The molecule has 0 bridgehead atoms. The number of fused-ring (bicyclic) bond motifs is 2. The highest BCUT2D eigenvalue weighted by Gasteiger charge is 2.33. The summed E-state index contributed by atoms with van der Waals surface area (Å²) >= 11 is 0. The number of hydrogen-bond acceptors (Lipinski definition) is 5. The zero-order valence-electron chi connectivity index (χ0n) is 18.0. The second-order valence-corrected chi connectivity index (χ2v) is 8.51. The fourth-order valence-corrected chi connectivity index (χ4v) is 4.33. The van der Waals surface area contributed by atoms with Gasteiger partial charge in [0.2, 0.25) is 5.91 Å². The molecule has 0 spiro atoms. The summed E-state index contributed by atoms with van der Waals surface area (Å²) in [7, 11) is 0. The molecule has 0 saturated carbocycles. The lowest BCUT2D eigenvalue weighted by atomic mass is 10.00. The number of carbonyl (C=O) groups excluding carboxylic acids is 1. The third-order valence-electron chi connectivity index (χ3n) is 5.77. The van der Waals surface area contributed by atoms with E-state index >= 15 is 0 Å². The van der Waals surface area contributed by atoms with Crippen LogP contribution in [0.5, 0.6) is 0 Å². The molecule has 1 aromatic carbocycles. The molecule has 156 valence electrons. The molecule has 5 rings (SSSR count). The van der Waals surface area contributed by atoms with E-state index in [1.165, 1.54) is 0 Å². The van der Waals surface area contributed by atoms with Crippen LogP contribution in [0, 0.1) is 0 Å². The summed E-state index contributed by atoms with van der Waals surface area (Å²) in [4.78, 5) is 35.5. The number of benzene rings is 1. The molecule has 4 heterocycles. The number of amides is 1. The Labute approximate surface area is 180 Å². The van der Waals surface area contributed by atoms with Crippen LogP contribution in [0.25, 0.3) is 22.2 Å². The monoisotopic (exact) mass is 412 g/mol. The van der Waals surface area contributed by atoms with Crippen LogP contribution in [0.4, 0.5) is 11.5 Å². The summed E-state index contributed by atoms with van der Waals surface area (Å²) in [5.74, 6) is 1.24. The third kappa shape index (κ3) is 3.08. The largest absolute Gasteiger partial charge is 0.345 e. The number of hydrogen-bond donors (Lipinski definition) is 1. The van der Waals surface area contributed by atoms with Crippen LogP contribution in [0.1, 0.15) is 56.5 Å². The minimum atomic E-state index is 0.0211. The molecule has 7 heteroatoms. The number of aromatic nitrogens is 5. The van der Waals surface area contributed by atoms with Crippen LogP contribution in [0.15, 0.2) is 43.1 Å². The molecule has 1 N–H and O–H groups in total. The molecule has 0 unspecified atom stereocenters. The summed E-state index contributed by atoms with van der Waals surface area (Å²) in [5, 5.41) is 1.04. The molecule has 3 aromatic heterocycles. The molecular formula is C24H24N6O. The van der Waals surface area contributed by atoms with Crippen molar-refractivity contribution < 1.29 is 4.79 Å². The van der Waals surface area contributed by atoms with E-state index in [1.54, 1.807) is 17.6 Å². The highest BCUT2D eigenvalue weighted by atomic mass is 16.2. The van der Waals surface area contributed by atoms with Crippen molar-refractivity contribution in [3.63, 3.8) is 0 Å². The maximum absolute atomic E-state index is 12.9. The standard InChI is InChI=1S/C24H24N6O/c1-13(2)21-17-9-19(31)30(24(17)29-12-26-21)16-7-5-15(6-8-16)18-10-25-23-20(18)22(14(3)4)27-11-28-23/h5-8,10-14H,9H2,1-4H3,(H,25,27,28). The molecule has 0 saturated heterocycles. The Morgan fingerprint density at radius 1 is 0.903 bits per heavy atom. The molecule has 1 aliphatic heterocycles. The van der Waals surface area contributed by atoms with Gasteiger partial charge in [-0.3, -0.25) is 9.69 Å². The van der Waals surface area contributed by atoms with Gasteiger partial charge >= 0.3 is 0 Å². The smallest absolute Gasteiger partial charge is 0.237 e. The maximum atomic E-state index is 12.9. The Bertz CT molecular complexity index is 1290. The first kappa shape index (κ1) is 19.4. The quantitative estimate of drug-likeness (QED) is 0.516. The number of nitrogens with one attached hydrogen (secondary N) is 1. The average molecular weight is 412 g/mol. The van der Waals surface area contributed by atoms with Gasteiger partial charge < -0.3 is 4.98 Å². The lowest BCUT2D eigenvalue weighted by molar-refractivity contribution is -0.116. The fourth-order valence-electron chi connectivity index (χ4n) is 4.33. The predicted octanol–water partition coefficient (Wildman–Crippen LogP) is 4.88. The molecule has 0 radical (unpaired) electrons. The molecule has 0 aliphatic carbocycles. The van der Waals surface area contributed by atoms with Gasteiger partial charge in [0.1, 0.15) is 24.1 Å². The van der Waals surface area contributed by atoms with Gasteiger partial charge in [0.25, 0.3) is 0 Å². The molecule has 7 nitrogen and oxygen atoms in total. The third-order valence-corrected chi connectivity index (χ3v) is 5.77. The van der Waals surface area contributed by atoms with Gasteiger partial charge in [-0.2, -0.15) is 0 Å². The zero-order chi connectivity index (χ0) is 21.7. The van der Waals surface area contributed by atoms with E-state index in [9.17, 15) is 4.79 Å². The summed E-state index contributed by atoms with van der Waals surface area (Å²) in [6, 6.07) is 8.00. The van der Waals surface area contributed by atoms with Crippen molar-refractivity contribution in [2.75, 3.05) is 4.90 Å². The molecule has 4 aromatic rings. The summed E-state index contributed by atoms with van der Waals surface area (Å²) in [6.07, 6.45) is 5.46. The molecular weight excluding hydrogens is 388 g/mol. The van der Waals surface area contributed by atoms with Crippen LogP contribution in [0.3, 0.4) is 0 Å². The van der Waals surface area contributed by atoms with Crippen molar-refractivity contribution in [2.45, 2.75) is 46.0 Å². The number of H-pyrrole nitrogens is 1. The van der Waals surface area contributed by atoms with Crippen molar-refractivity contribution in [1.82, 2.24) is 24.9 Å². The highest BCUT2D eigenvalue weighted by molar-refractivity contribution is 6.06. The lowest BCUT2D eigenvalue weighted by Gasteiger charge is -2.17. The number of rotatable bonds is 4. The number of anilines is 2. The van der Waals surface area contributed by atoms with E-state index in [4.69, 9.17) is 0 Å². The van der Waals surface area contributed by atoms with E-state index in [1.807, 2.05) is 30.5 Å². The molecule has 31 heavy (non-hydrogen) atoms. The topological polar surface area (TPSA) is 87.7 Å². The first-order valence-electron chi connectivity index (χ1n) is 10.5. The lowest BCUT2D eigenvalue weighted by Crippen LogP contribution is -2.21. The SMILES string of the molecule is CC(C)c1ncnc2c1CC(=O)N2c1ccc(-c2c[nH]c3ncnc(C(C)C)c23)cc1. The normalized spacial score (nSPS) is 13.6. The first-order valence-corrected chi connectivity index (χ1v) is 10.5. The maximum Gasteiger partial charge on any atom is 0.237 e. The number of aromatic amines is 1. The van der Waals surface area contributed by atoms with E-state index in [2.05, 4.69) is 52.6 Å². The van der Waals surface area contributed by atoms with Crippen molar-refractivity contribution in [1.29, 1.82) is 0 Å². The Morgan fingerprint density at radius 3 is 2.29 bits per heavy atom. The minimum absolute atomic E-state index is 0.0211. The highest BCUT2D eigenvalue weighted by Crippen LogP contribution is 2.38. The summed E-state index contributed by atoms with van der Waals surface area (Å²) < 4.78 is 0. The Morgan fingerprint density at radius 2 is 1.58 bits per heavy atom.